The summed E-state index contributed by atoms with van der Waals surface area (Å²) in [6.07, 6.45) is 1.56. The minimum atomic E-state index is -1.03. The van der Waals surface area contributed by atoms with Crippen molar-refractivity contribution in [3.8, 4) is 0 Å². The molecule has 1 amide bonds. The molecule has 0 unspecified atom stereocenters. The van der Waals surface area contributed by atoms with Crippen LogP contribution in [0.5, 0.6) is 0 Å². The van der Waals surface area contributed by atoms with E-state index < -0.39 is 35.1 Å². The summed E-state index contributed by atoms with van der Waals surface area (Å²) in [5.41, 5.74) is 12.6. The maximum atomic E-state index is 13.1. The van der Waals surface area contributed by atoms with Gasteiger partial charge in [-0.15, -0.1) is 0 Å². The fraction of sp³-hybridized carbons (Fsp3) is 0.464. The van der Waals surface area contributed by atoms with Gasteiger partial charge in [0.05, 0.1) is 18.4 Å². The summed E-state index contributed by atoms with van der Waals surface area (Å²) in [6.45, 7) is 10.9. The summed E-state index contributed by atoms with van der Waals surface area (Å²) in [5.74, 6) is -1.40. The molecule has 0 aliphatic rings. The second-order valence-corrected chi connectivity index (χ2v) is 11.6. The van der Waals surface area contributed by atoms with Crippen LogP contribution in [0.1, 0.15) is 70.4 Å². The number of nitrogens with zero attached hydrogens (tertiary/aromatic N) is 5. The summed E-state index contributed by atoms with van der Waals surface area (Å²) >= 11 is 0. The third-order valence-electron chi connectivity index (χ3n) is 5.52. The highest BCUT2D eigenvalue weighted by molar-refractivity contribution is 5.97. The number of anilines is 3. The lowest BCUT2D eigenvalue weighted by atomic mass is 10.1. The van der Waals surface area contributed by atoms with Crippen LogP contribution in [0.2, 0.25) is 0 Å². The fourth-order valence-corrected chi connectivity index (χ4v) is 3.78. The first kappa shape index (κ1) is 31.0. The number of nitrogens with two attached hydrogens (primary N) is 2. The van der Waals surface area contributed by atoms with Gasteiger partial charge in [0.15, 0.2) is 17.0 Å². The van der Waals surface area contributed by atoms with Crippen molar-refractivity contribution in [2.24, 2.45) is 0 Å². The van der Waals surface area contributed by atoms with E-state index in [2.05, 4.69) is 25.3 Å². The Morgan fingerprint density at radius 1 is 0.951 bits per heavy atom. The number of rotatable bonds is 9. The summed E-state index contributed by atoms with van der Waals surface area (Å²) < 4.78 is 10.8. The molecule has 2 heterocycles. The van der Waals surface area contributed by atoms with Crippen LogP contribution in [0, 0.1) is 0 Å². The molecule has 5 N–H and O–H groups in total. The molecule has 0 radical (unpaired) electrons. The van der Waals surface area contributed by atoms with Crippen molar-refractivity contribution >= 4 is 46.5 Å². The Kier molecular flexibility index (Phi) is 9.31. The molecule has 0 saturated carbocycles. The van der Waals surface area contributed by atoms with Crippen molar-refractivity contribution in [1.82, 2.24) is 25.3 Å². The van der Waals surface area contributed by atoms with Crippen molar-refractivity contribution in [3.63, 3.8) is 0 Å². The Labute approximate surface area is 239 Å². The van der Waals surface area contributed by atoms with Gasteiger partial charge >= 0.3 is 11.9 Å². The highest BCUT2D eigenvalue weighted by Gasteiger charge is 2.28. The van der Waals surface area contributed by atoms with E-state index in [0.29, 0.717) is 29.0 Å². The molecule has 0 bridgehead atoms. The van der Waals surface area contributed by atoms with Gasteiger partial charge in [-0.25, -0.2) is 14.8 Å². The molecule has 3 rings (SSSR count). The predicted molar refractivity (Wildman–Crippen MR) is 155 cm³/mol. The first-order chi connectivity index (χ1) is 19.0. The highest BCUT2D eigenvalue weighted by Crippen LogP contribution is 2.19. The molecule has 41 heavy (non-hydrogen) atoms. The molecule has 0 aliphatic carbocycles. The lowest BCUT2D eigenvalue weighted by Gasteiger charge is -2.25. The van der Waals surface area contributed by atoms with E-state index in [-0.39, 0.29) is 24.6 Å². The van der Waals surface area contributed by atoms with E-state index in [1.165, 1.54) is 0 Å². The molecule has 1 aromatic carbocycles. The molecule has 220 valence electrons. The van der Waals surface area contributed by atoms with Crippen LogP contribution in [0.3, 0.4) is 0 Å². The molecule has 0 spiro atoms. The molecule has 13 heteroatoms. The number of esters is 2. The van der Waals surface area contributed by atoms with Crippen molar-refractivity contribution in [2.75, 3.05) is 23.4 Å². The number of nitrogens with one attached hydrogen (secondary N) is 1. The van der Waals surface area contributed by atoms with Gasteiger partial charge < -0.3 is 31.2 Å². The molecule has 3 aromatic rings. The number of fused-ring (bicyclic) bond motifs is 1. The minimum Gasteiger partial charge on any atom is -0.460 e. The normalized spacial score (nSPS) is 12.5. The zero-order valence-electron chi connectivity index (χ0n) is 24.5. The zero-order valence-corrected chi connectivity index (χ0v) is 24.5. The van der Waals surface area contributed by atoms with Crippen LogP contribution in [0.25, 0.3) is 11.2 Å². The second kappa shape index (κ2) is 12.3. The number of hydrogen-bond acceptors (Lipinski definition) is 12. The zero-order chi connectivity index (χ0) is 30.5. The van der Waals surface area contributed by atoms with Gasteiger partial charge in [-0.05, 0) is 72.2 Å². The molecule has 0 saturated heterocycles. The average Bonchev–Trinajstić information content (AvgIpc) is 2.84. The van der Waals surface area contributed by atoms with Gasteiger partial charge in [0.2, 0.25) is 5.95 Å². The number of amides is 1. The smallest absolute Gasteiger partial charge is 0.329 e. The van der Waals surface area contributed by atoms with Crippen molar-refractivity contribution in [3.05, 3.63) is 41.7 Å². The maximum absolute atomic E-state index is 13.1. The largest absolute Gasteiger partial charge is 0.460 e. The standard InChI is InChI=1S/C28H38N8O5/c1-27(2,3)40-20(37)13-12-19(25(39)41-28(4,5)6)33-24(38)16-8-10-18(11-9-16)36(7)15-17-14-31-23-21(32-17)22(29)34-26(30)35-23/h8-11,14,19H,12-13,15H2,1-7H3,(H,33,38)(H4,29,30,31,34,35)/t19-/m0/s1. The highest BCUT2D eigenvalue weighted by atomic mass is 16.6. The maximum Gasteiger partial charge on any atom is 0.329 e. The Morgan fingerprint density at radius 2 is 1.59 bits per heavy atom. The van der Waals surface area contributed by atoms with Gasteiger partial charge in [-0.3, -0.25) is 9.59 Å². The number of hydrogen-bond donors (Lipinski definition) is 3. The van der Waals surface area contributed by atoms with Crippen LogP contribution in [-0.2, 0) is 25.6 Å². The van der Waals surface area contributed by atoms with E-state index in [0.717, 1.165) is 5.69 Å². The van der Waals surface area contributed by atoms with E-state index >= 15 is 0 Å². The first-order valence-corrected chi connectivity index (χ1v) is 13.1. The number of nitrogen functional groups attached to an aromatic ring is 2. The number of carbonyl (C=O) groups is 3. The fourth-order valence-electron chi connectivity index (χ4n) is 3.78. The second-order valence-electron chi connectivity index (χ2n) is 11.6. The summed E-state index contributed by atoms with van der Waals surface area (Å²) in [7, 11) is 1.86. The van der Waals surface area contributed by atoms with E-state index in [1.54, 1.807) is 72.0 Å². The van der Waals surface area contributed by atoms with Crippen LogP contribution < -0.4 is 21.7 Å². The van der Waals surface area contributed by atoms with E-state index in [9.17, 15) is 14.4 Å². The number of aromatic nitrogens is 4. The minimum absolute atomic E-state index is 0.0266. The van der Waals surface area contributed by atoms with Gasteiger partial charge in [-0.2, -0.15) is 9.97 Å². The third-order valence-corrected chi connectivity index (χ3v) is 5.52. The monoisotopic (exact) mass is 566 g/mol. The van der Waals surface area contributed by atoms with Gasteiger partial charge in [0.1, 0.15) is 17.2 Å². The molecule has 2 aromatic heterocycles. The molecular formula is C28H38N8O5. The molecule has 1 atom stereocenters. The quantitative estimate of drug-likeness (QED) is 0.322. The van der Waals surface area contributed by atoms with Gasteiger partial charge in [-0.1, -0.05) is 0 Å². The van der Waals surface area contributed by atoms with Crippen LogP contribution in [0.4, 0.5) is 17.5 Å². The lowest BCUT2D eigenvalue weighted by Crippen LogP contribution is -2.44. The Hall–Kier alpha value is -4.55. The van der Waals surface area contributed by atoms with Gasteiger partial charge in [0, 0.05) is 24.7 Å². The Bertz CT molecular complexity index is 1410. The van der Waals surface area contributed by atoms with Crippen molar-refractivity contribution in [1.29, 1.82) is 0 Å². The summed E-state index contributed by atoms with van der Waals surface area (Å²) in [6, 6.07) is 5.79. The number of ether oxygens (including phenoxy) is 2. The molecule has 0 fully saturated rings. The van der Waals surface area contributed by atoms with Crippen molar-refractivity contribution < 1.29 is 23.9 Å². The van der Waals surface area contributed by atoms with E-state index in [4.69, 9.17) is 20.9 Å². The van der Waals surface area contributed by atoms with Crippen molar-refractivity contribution in [2.45, 2.75) is 78.2 Å². The first-order valence-electron chi connectivity index (χ1n) is 13.1. The topological polar surface area (TPSA) is 189 Å². The lowest BCUT2D eigenvalue weighted by molar-refractivity contribution is -0.158. The molecule has 13 nitrogen and oxygen atoms in total. The third kappa shape index (κ3) is 9.26. The number of benzene rings is 1. The summed E-state index contributed by atoms with van der Waals surface area (Å²) in [5, 5.41) is 2.70. The average molecular weight is 567 g/mol. The van der Waals surface area contributed by atoms with Crippen LogP contribution in [-0.4, -0.2) is 62.1 Å². The van der Waals surface area contributed by atoms with E-state index in [1.807, 2.05) is 11.9 Å². The number of carbonyl (C=O) groups excluding carboxylic acids is 3. The predicted octanol–water partition coefficient (Wildman–Crippen LogP) is 2.78. The Balaban J connectivity index is 1.68. The Morgan fingerprint density at radius 3 is 2.20 bits per heavy atom. The SMILES string of the molecule is CN(Cc1cnc2nc(N)nc(N)c2n1)c1ccc(C(=O)N[C@@H](CCC(=O)OC(C)(C)C)C(=O)OC(C)(C)C)cc1. The van der Waals surface area contributed by atoms with Crippen LogP contribution in [0.15, 0.2) is 30.5 Å². The summed E-state index contributed by atoms with van der Waals surface area (Å²) in [4.78, 5) is 56.8. The molecule has 0 aliphatic heterocycles. The molecular weight excluding hydrogens is 528 g/mol. The van der Waals surface area contributed by atoms with Crippen LogP contribution >= 0.6 is 0 Å². The van der Waals surface area contributed by atoms with Gasteiger partial charge in [0.25, 0.3) is 5.91 Å².